The van der Waals surface area contributed by atoms with Crippen molar-refractivity contribution < 1.29 is 39.1 Å². The molecule has 0 unspecified atom stereocenters. The molecule has 0 rings (SSSR count). The molecule has 6 nitrogen and oxygen atoms in total. The van der Waals surface area contributed by atoms with Gasteiger partial charge in [-0.05, 0) is 6.92 Å². The van der Waals surface area contributed by atoms with E-state index in [1.807, 2.05) is 0 Å². The molecule has 0 aromatic rings. The van der Waals surface area contributed by atoms with Gasteiger partial charge < -0.3 is 4.74 Å². The van der Waals surface area contributed by atoms with Crippen LogP contribution in [-0.2, 0) is 30.8 Å². The molecule has 0 amide bonds. The third-order valence-corrected chi connectivity index (χ3v) is 0.348. The number of carbonyl (C=O) groups is 1. The summed E-state index contributed by atoms with van der Waals surface area (Å²) < 4.78 is 36.3. The molecule has 0 atom stereocenters. The van der Waals surface area contributed by atoms with E-state index in [1.165, 1.54) is 6.92 Å². The molecule has 0 saturated carbocycles. The van der Waals surface area contributed by atoms with Crippen molar-refractivity contribution in [2.45, 2.75) is 13.8 Å². The van der Waals surface area contributed by atoms with Crippen molar-refractivity contribution >= 4 is 5.97 Å². The van der Waals surface area contributed by atoms with Gasteiger partial charge in [0.05, 0.1) is 6.61 Å². The van der Waals surface area contributed by atoms with E-state index in [0.717, 1.165) is 0 Å². The molecular weight excluding hydrogens is 196 g/mol. The van der Waals surface area contributed by atoms with Gasteiger partial charge in [-0.15, -0.1) is 0 Å². The Kier molecular flexibility index (Phi) is 7.46. The Hall–Kier alpha value is -0.478. The molecule has 0 radical (unpaired) electrons. The SMILES string of the molecule is CCOC(C)=O.[O]=[Cr](=[O])([OH])[OH]. The van der Waals surface area contributed by atoms with Crippen molar-refractivity contribution in [3.63, 3.8) is 0 Å². The maximum atomic E-state index is 9.82. The van der Waals surface area contributed by atoms with Gasteiger partial charge in [0.15, 0.2) is 0 Å². The molecule has 68 valence electrons. The fourth-order valence-electron chi connectivity index (χ4n) is 0.203. The van der Waals surface area contributed by atoms with Crippen molar-refractivity contribution in [2.24, 2.45) is 0 Å². The summed E-state index contributed by atoms with van der Waals surface area (Å²) in [4.78, 5) is 9.82. The molecular formula is C4H10CrO6. The molecule has 0 heterocycles. The summed E-state index contributed by atoms with van der Waals surface area (Å²) in [5.41, 5.74) is 0. The molecule has 0 aromatic heterocycles. The molecule has 0 aliphatic carbocycles. The van der Waals surface area contributed by atoms with Crippen LogP contribution in [0.5, 0.6) is 0 Å². The number of ether oxygens (including phenoxy) is 1. The molecule has 0 aliphatic rings. The third kappa shape index (κ3) is 84.7. The summed E-state index contributed by atoms with van der Waals surface area (Å²) in [5, 5.41) is 0. The molecule has 11 heavy (non-hydrogen) atoms. The summed E-state index contributed by atoms with van der Waals surface area (Å²) >= 11 is -5.25. The zero-order valence-electron chi connectivity index (χ0n) is 6.14. The Morgan fingerprint density at radius 2 is 1.73 bits per heavy atom. The van der Waals surface area contributed by atoms with Crippen LogP contribution in [0.1, 0.15) is 13.8 Å². The summed E-state index contributed by atoms with van der Waals surface area (Å²) in [6.07, 6.45) is 0. The van der Waals surface area contributed by atoms with Gasteiger partial charge in [0.25, 0.3) is 0 Å². The predicted octanol–water partition coefficient (Wildman–Crippen LogP) is -0.785. The normalized spacial score (nSPS) is 9.45. The quantitative estimate of drug-likeness (QED) is 0.545. The molecule has 0 aromatic carbocycles. The average molecular weight is 206 g/mol. The monoisotopic (exact) mass is 206 g/mol. The summed E-state index contributed by atoms with van der Waals surface area (Å²) in [7, 11) is 0. The first-order chi connectivity index (χ1) is 4.77. The fourth-order valence-corrected chi connectivity index (χ4v) is 0.203. The van der Waals surface area contributed by atoms with E-state index in [2.05, 4.69) is 4.74 Å². The minimum absolute atomic E-state index is 0.211. The topological polar surface area (TPSA) is 101 Å². The van der Waals surface area contributed by atoms with Gasteiger partial charge in [-0.3, -0.25) is 4.79 Å². The van der Waals surface area contributed by atoms with Crippen LogP contribution in [-0.4, -0.2) is 20.9 Å². The molecule has 7 heteroatoms. The van der Waals surface area contributed by atoms with Crippen molar-refractivity contribution in [2.75, 3.05) is 6.61 Å². The van der Waals surface area contributed by atoms with E-state index in [-0.39, 0.29) is 5.97 Å². The van der Waals surface area contributed by atoms with E-state index < -0.39 is 13.6 Å². The Bertz CT molecular complexity index is 185. The van der Waals surface area contributed by atoms with Gasteiger partial charge in [0.1, 0.15) is 0 Å². The Morgan fingerprint density at radius 3 is 1.73 bits per heavy atom. The van der Waals surface area contributed by atoms with Crippen LogP contribution >= 0.6 is 0 Å². The molecule has 0 bridgehead atoms. The standard InChI is InChI=1S/C4H8O2.Cr.2H2O.2O/c1-3-6-4(2)5;;;;;/h3H2,1-2H3;;2*1H2;;/q;+2;;;;/p-2. The summed E-state index contributed by atoms with van der Waals surface area (Å²) in [6, 6.07) is 0. The van der Waals surface area contributed by atoms with Gasteiger partial charge >= 0.3 is 35.5 Å². The van der Waals surface area contributed by atoms with Gasteiger partial charge in [-0.25, -0.2) is 0 Å². The minimum atomic E-state index is -5.25. The number of esters is 1. The molecule has 0 aliphatic heterocycles. The van der Waals surface area contributed by atoms with Gasteiger partial charge in [0.2, 0.25) is 0 Å². The Balaban J connectivity index is 0. The zero-order valence-corrected chi connectivity index (χ0v) is 7.42. The van der Waals surface area contributed by atoms with E-state index in [9.17, 15) is 4.79 Å². The second kappa shape index (κ2) is 6.25. The number of carbonyl (C=O) groups excluding carboxylic acids is 1. The van der Waals surface area contributed by atoms with Crippen LogP contribution in [0.15, 0.2) is 0 Å². The predicted molar refractivity (Wildman–Crippen MR) is 28.1 cm³/mol. The average Bonchev–Trinajstić information content (AvgIpc) is 1.58. The van der Waals surface area contributed by atoms with Crippen molar-refractivity contribution in [3.8, 4) is 0 Å². The van der Waals surface area contributed by atoms with Crippen LogP contribution in [0.25, 0.3) is 0 Å². The van der Waals surface area contributed by atoms with E-state index in [1.54, 1.807) is 6.92 Å². The van der Waals surface area contributed by atoms with Crippen LogP contribution < -0.4 is 0 Å². The number of hydrogen-bond acceptors (Lipinski definition) is 4. The number of rotatable bonds is 1. The van der Waals surface area contributed by atoms with Crippen LogP contribution in [0, 0.1) is 0 Å². The van der Waals surface area contributed by atoms with E-state index >= 15 is 0 Å². The summed E-state index contributed by atoms with van der Waals surface area (Å²) in [5.74, 6) is -0.211. The van der Waals surface area contributed by atoms with Gasteiger partial charge in [-0.1, -0.05) is 0 Å². The summed E-state index contributed by atoms with van der Waals surface area (Å²) in [6.45, 7) is 3.65. The zero-order chi connectivity index (χ0) is 9.49. The van der Waals surface area contributed by atoms with Crippen LogP contribution in [0.3, 0.4) is 0 Å². The second-order valence-corrected chi connectivity index (χ2v) is 2.77. The van der Waals surface area contributed by atoms with Crippen molar-refractivity contribution in [3.05, 3.63) is 0 Å². The first-order valence-corrected chi connectivity index (χ1v) is 4.78. The Morgan fingerprint density at radius 1 is 1.45 bits per heavy atom. The van der Waals surface area contributed by atoms with E-state index in [4.69, 9.17) is 15.9 Å². The molecule has 0 spiro atoms. The van der Waals surface area contributed by atoms with Crippen molar-refractivity contribution in [1.29, 1.82) is 0 Å². The molecule has 0 fully saturated rings. The Labute approximate surface area is 66.2 Å². The van der Waals surface area contributed by atoms with Crippen molar-refractivity contribution in [1.82, 2.24) is 0 Å². The number of hydrogen-bond donors (Lipinski definition) is 2. The molecule has 0 saturated heterocycles. The second-order valence-electron chi connectivity index (χ2n) is 1.37. The van der Waals surface area contributed by atoms with Crippen LogP contribution in [0.4, 0.5) is 0 Å². The fraction of sp³-hybridized carbons (Fsp3) is 0.750. The maximum absolute atomic E-state index is 9.82. The van der Waals surface area contributed by atoms with Gasteiger partial charge in [-0.2, -0.15) is 0 Å². The first-order valence-electron chi connectivity index (χ1n) is 2.60. The third-order valence-electron chi connectivity index (χ3n) is 0.348. The van der Waals surface area contributed by atoms with E-state index in [0.29, 0.717) is 6.61 Å². The first kappa shape index (κ1) is 13.1. The van der Waals surface area contributed by atoms with Crippen LogP contribution in [0.2, 0.25) is 0 Å². The van der Waals surface area contributed by atoms with Gasteiger partial charge in [0, 0.05) is 6.92 Å². The molecule has 2 N–H and O–H groups in total.